The Kier molecular flexibility index (Phi) is 8.15. The molecule has 0 saturated heterocycles. The number of aliphatic hydroxyl groups is 2. The quantitative estimate of drug-likeness (QED) is 0.547. The lowest BCUT2D eigenvalue weighted by atomic mass is 9.90. The van der Waals surface area contributed by atoms with Crippen LogP contribution >= 0.6 is 0 Å². The van der Waals surface area contributed by atoms with E-state index in [1.54, 1.807) is 12.1 Å². The number of ketones is 2. The Morgan fingerprint density at radius 2 is 1.42 bits per heavy atom. The number of Topliss-reactive ketones (excluding diaryl/α,β-unsaturated/α-hetero) is 2. The van der Waals surface area contributed by atoms with E-state index in [0.29, 0.717) is 16.7 Å². The molecule has 0 saturated carbocycles. The van der Waals surface area contributed by atoms with E-state index in [0.717, 1.165) is 12.1 Å². The number of alkyl halides is 3. The van der Waals surface area contributed by atoms with Crippen LogP contribution in [0.15, 0.2) is 48.5 Å². The molecule has 2 aromatic rings. The zero-order chi connectivity index (χ0) is 23.0. The van der Waals surface area contributed by atoms with Crippen LogP contribution in [0.1, 0.15) is 40.4 Å². The second-order valence-corrected chi connectivity index (χ2v) is 6.75. The van der Waals surface area contributed by atoms with Crippen molar-refractivity contribution in [1.82, 2.24) is 0 Å². The standard InChI is InChI=1S/C24H19F3O4/c1-16(29)21(23(31)15-28)14-22(30)19-10-6-17(7-11-19)4-2-3-5-18-8-12-20(13-9-18)24(25,26)27/h6-13,16,21,28-29H,14-15H2,1H3/t16-,21+/m1/s1. The molecular formula is C24H19F3O4. The highest BCUT2D eigenvalue weighted by atomic mass is 19.4. The molecule has 0 unspecified atom stereocenters. The SMILES string of the molecule is C[C@@H](O)[C@H](CC(=O)c1ccc(C#CC#Cc2ccc(C(F)(F)F)cc2)cc1)C(=O)CO. The molecule has 0 aliphatic carbocycles. The fourth-order valence-electron chi connectivity index (χ4n) is 2.68. The molecule has 0 bridgehead atoms. The van der Waals surface area contributed by atoms with Crippen molar-refractivity contribution in [3.8, 4) is 23.7 Å². The van der Waals surface area contributed by atoms with Gasteiger partial charge in [0.05, 0.1) is 17.6 Å². The Morgan fingerprint density at radius 1 is 0.935 bits per heavy atom. The third-order valence-electron chi connectivity index (χ3n) is 4.45. The van der Waals surface area contributed by atoms with Crippen molar-refractivity contribution in [3.63, 3.8) is 0 Å². The van der Waals surface area contributed by atoms with E-state index >= 15 is 0 Å². The van der Waals surface area contributed by atoms with Gasteiger partial charge in [0, 0.05) is 23.1 Å². The number of carbonyl (C=O) groups excluding carboxylic acids is 2. The van der Waals surface area contributed by atoms with Crippen molar-refractivity contribution in [2.45, 2.75) is 25.6 Å². The van der Waals surface area contributed by atoms with Gasteiger partial charge in [-0.2, -0.15) is 13.2 Å². The minimum atomic E-state index is -4.40. The largest absolute Gasteiger partial charge is 0.416 e. The van der Waals surface area contributed by atoms with Crippen LogP contribution in [0, 0.1) is 29.6 Å². The summed E-state index contributed by atoms with van der Waals surface area (Å²) in [6.45, 7) is 0.640. The van der Waals surface area contributed by atoms with E-state index in [9.17, 15) is 27.9 Å². The first-order valence-electron chi connectivity index (χ1n) is 9.26. The van der Waals surface area contributed by atoms with E-state index in [1.807, 2.05) is 0 Å². The van der Waals surface area contributed by atoms with E-state index in [1.165, 1.54) is 31.2 Å². The number of benzene rings is 2. The topological polar surface area (TPSA) is 74.6 Å². The van der Waals surface area contributed by atoms with Crippen LogP contribution < -0.4 is 0 Å². The minimum Gasteiger partial charge on any atom is -0.393 e. The molecule has 4 nitrogen and oxygen atoms in total. The Bertz CT molecular complexity index is 1040. The van der Waals surface area contributed by atoms with Crippen molar-refractivity contribution < 1.29 is 33.0 Å². The average molecular weight is 428 g/mol. The maximum atomic E-state index is 12.5. The average Bonchev–Trinajstić information content (AvgIpc) is 2.74. The van der Waals surface area contributed by atoms with Gasteiger partial charge in [-0.05, 0) is 55.2 Å². The molecule has 2 aromatic carbocycles. The first-order valence-corrected chi connectivity index (χ1v) is 9.26. The lowest BCUT2D eigenvalue weighted by Crippen LogP contribution is -2.30. The van der Waals surface area contributed by atoms with E-state index in [2.05, 4.69) is 23.7 Å². The molecule has 160 valence electrons. The summed E-state index contributed by atoms with van der Waals surface area (Å²) < 4.78 is 37.6. The molecule has 0 heterocycles. The van der Waals surface area contributed by atoms with Gasteiger partial charge in [-0.15, -0.1) is 0 Å². The van der Waals surface area contributed by atoms with Gasteiger partial charge in [0.15, 0.2) is 11.6 Å². The predicted octanol–water partition coefficient (Wildman–Crippen LogP) is 3.24. The third kappa shape index (κ3) is 7.11. The number of hydrogen-bond acceptors (Lipinski definition) is 4. The summed E-state index contributed by atoms with van der Waals surface area (Å²) >= 11 is 0. The summed E-state index contributed by atoms with van der Waals surface area (Å²) in [5.41, 5.74) is 0.544. The van der Waals surface area contributed by atoms with Crippen LogP contribution in [0.4, 0.5) is 13.2 Å². The van der Waals surface area contributed by atoms with Crippen LogP contribution in [0.2, 0.25) is 0 Å². The molecule has 31 heavy (non-hydrogen) atoms. The molecule has 0 aromatic heterocycles. The molecule has 2 atom stereocenters. The lowest BCUT2D eigenvalue weighted by Gasteiger charge is -2.16. The summed E-state index contributed by atoms with van der Waals surface area (Å²) in [6, 6.07) is 10.7. The van der Waals surface area contributed by atoms with E-state index in [-0.39, 0.29) is 12.2 Å². The smallest absolute Gasteiger partial charge is 0.393 e. The van der Waals surface area contributed by atoms with Crippen molar-refractivity contribution in [2.75, 3.05) is 6.61 Å². The summed E-state index contributed by atoms with van der Waals surface area (Å²) in [5.74, 6) is 8.63. The van der Waals surface area contributed by atoms with Gasteiger partial charge in [-0.3, -0.25) is 9.59 Å². The molecule has 2 N–H and O–H groups in total. The predicted molar refractivity (Wildman–Crippen MR) is 108 cm³/mol. The zero-order valence-corrected chi connectivity index (χ0v) is 16.5. The Labute approximate surface area is 177 Å². The number of rotatable bonds is 6. The number of aliphatic hydroxyl groups excluding tert-OH is 2. The van der Waals surface area contributed by atoms with Gasteiger partial charge in [-0.25, -0.2) is 0 Å². The highest BCUT2D eigenvalue weighted by molar-refractivity contribution is 5.99. The van der Waals surface area contributed by atoms with Crippen molar-refractivity contribution >= 4 is 11.6 Å². The number of hydrogen-bond donors (Lipinski definition) is 2. The van der Waals surface area contributed by atoms with Gasteiger partial charge in [-0.1, -0.05) is 24.0 Å². The van der Waals surface area contributed by atoms with Gasteiger partial charge < -0.3 is 10.2 Å². The first-order chi connectivity index (χ1) is 14.6. The summed E-state index contributed by atoms with van der Waals surface area (Å²) in [5, 5.41) is 18.6. The third-order valence-corrected chi connectivity index (χ3v) is 4.45. The Morgan fingerprint density at radius 3 is 1.84 bits per heavy atom. The summed E-state index contributed by atoms with van der Waals surface area (Å²) in [7, 11) is 0. The van der Waals surface area contributed by atoms with Crippen molar-refractivity contribution in [3.05, 3.63) is 70.8 Å². The fourth-order valence-corrected chi connectivity index (χ4v) is 2.68. The molecule has 2 rings (SSSR count). The maximum absolute atomic E-state index is 12.5. The molecule has 0 amide bonds. The van der Waals surface area contributed by atoms with Crippen LogP contribution in [-0.4, -0.2) is 34.5 Å². The lowest BCUT2D eigenvalue weighted by molar-refractivity contribution is -0.137. The molecule has 0 aliphatic heterocycles. The molecule has 0 radical (unpaired) electrons. The Hall–Kier alpha value is -3.39. The van der Waals surface area contributed by atoms with Gasteiger partial charge in [0.1, 0.15) is 6.61 Å². The van der Waals surface area contributed by atoms with Crippen LogP contribution in [-0.2, 0) is 11.0 Å². The van der Waals surface area contributed by atoms with E-state index < -0.39 is 36.2 Å². The second-order valence-electron chi connectivity index (χ2n) is 6.75. The number of carbonyl (C=O) groups is 2. The summed E-state index contributed by atoms with van der Waals surface area (Å²) in [4.78, 5) is 24.0. The zero-order valence-electron chi connectivity index (χ0n) is 16.5. The minimum absolute atomic E-state index is 0.222. The summed E-state index contributed by atoms with van der Waals surface area (Å²) in [6.07, 6.45) is -5.68. The van der Waals surface area contributed by atoms with Gasteiger partial charge >= 0.3 is 6.18 Å². The van der Waals surface area contributed by atoms with Gasteiger partial charge in [0.2, 0.25) is 0 Å². The highest BCUT2D eigenvalue weighted by Gasteiger charge is 2.29. The maximum Gasteiger partial charge on any atom is 0.416 e. The molecular weight excluding hydrogens is 409 g/mol. The van der Waals surface area contributed by atoms with Crippen LogP contribution in [0.5, 0.6) is 0 Å². The molecule has 0 fully saturated rings. The second kappa shape index (κ2) is 10.6. The van der Waals surface area contributed by atoms with E-state index in [4.69, 9.17) is 5.11 Å². The molecule has 0 aliphatic rings. The van der Waals surface area contributed by atoms with Crippen LogP contribution in [0.3, 0.4) is 0 Å². The normalized spacial score (nSPS) is 12.6. The molecule has 0 spiro atoms. The Balaban J connectivity index is 2.03. The van der Waals surface area contributed by atoms with Crippen molar-refractivity contribution in [1.29, 1.82) is 0 Å². The van der Waals surface area contributed by atoms with Crippen molar-refractivity contribution in [2.24, 2.45) is 5.92 Å². The number of halogens is 3. The van der Waals surface area contributed by atoms with Crippen LogP contribution in [0.25, 0.3) is 0 Å². The first kappa shape index (κ1) is 23.9. The monoisotopic (exact) mass is 428 g/mol. The van der Waals surface area contributed by atoms with Gasteiger partial charge in [0.25, 0.3) is 0 Å². The highest BCUT2D eigenvalue weighted by Crippen LogP contribution is 2.28. The molecule has 7 heteroatoms. The fraction of sp³-hybridized carbons (Fsp3) is 0.250.